The van der Waals surface area contributed by atoms with Crippen LogP contribution in [0.15, 0.2) is 71.6 Å². The Balaban J connectivity index is 1.65. The topological polar surface area (TPSA) is 84.9 Å². The minimum absolute atomic E-state index is 0.113. The van der Waals surface area contributed by atoms with E-state index in [9.17, 15) is 13.2 Å². The Morgan fingerprint density at radius 1 is 1.08 bits per heavy atom. The SMILES string of the molecule is CCOc1ccccc1N(CC(=O)NC1CCCc2cc(OC)ccc21)S(=O)(=O)c1ccc(C)cc1. The number of rotatable bonds is 9. The summed E-state index contributed by atoms with van der Waals surface area (Å²) >= 11 is 0. The number of ether oxygens (including phenoxy) is 2. The molecular weight excluding hydrogens is 476 g/mol. The molecule has 1 atom stereocenters. The van der Waals surface area contributed by atoms with E-state index in [1.165, 1.54) is 0 Å². The van der Waals surface area contributed by atoms with Crippen molar-refractivity contribution in [3.63, 3.8) is 0 Å². The van der Waals surface area contributed by atoms with Gasteiger partial charge in [-0.3, -0.25) is 9.10 Å². The molecule has 0 spiro atoms. The van der Waals surface area contributed by atoms with Crippen LogP contribution in [0.25, 0.3) is 0 Å². The molecule has 0 saturated heterocycles. The number of carbonyl (C=O) groups is 1. The highest BCUT2D eigenvalue weighted by Crippen LogP contribution is 2.34. The number of methoxy groups -OCH3 is 1. The molecule has 0 fully saturated rings. The van der Waals surface area contributed by atoms with Crippen molar-refractivity contribution >= 4 is 21.6 Å². The van der Waals surface area contributed by atoms with Crippen LogP contribution in [-0.2, 0) is 21.2 Å². The van der Waals surface area contributed by atoms with E-state index in [-0.39, 0.29) is 23.4 Å². The third-order valence-corrected chi connectivity index (χ3v) is 8.10. The van der Waals surface area contributed by atoms with E-state index in [0.717, 1.165) is 46.0 Å². The standard InChI is InChI=1S/C28H32N2O5S/c1-4-35-27-11-6-5-10-26(27)30(36(32,33)23-15-12-20(2)13-16-23)19-28(31)29-25-9-7-8-21-18-22(34-3)14-17-24(21)25/h5-6,10-18,25H,4,7-9,19H2,1-3H3,(H,29,31). The Hall–Kier alpha value is -3.52. The zero-order valence-corrected chi connectivity index (χ0v) is 21.7. The van der Waals surface area contributed by atoms with E-state index >= 15 is 0 Å². The fourth-order valence-electron chi connectivity index (χ4n) is 4.52. The molecule has 4 rings (SSSR count). The van der Waals surface area contributed by atoms with Gasteiger partial charge in [-0.25, -0.2) is 8.42 Å². The number of sulfonamides is 1. The van der Waals surface area contributed by atoms with Crippen molar-refractivity contribution < 1.29 is 22.7 Å². The zero-order valence-electron chi connectivity index (χ0n) is 20.9. The molecule has 1 aliphatic rings. The third-order valence-electron chi connectivity index (χ3n) is 6.33. The minimum Gasteiger partial charge on any atom is -0.497 e. The van der Waals surface area contributed by atoms with Crippen molar-refractivity contribution in [3.05, 3.63) is 83.4 Å². The predicted molar refractivity (Wildman–Crippen MR) is 140 cm³/mol. The molecule has 0 aromatic heterocycles. The molecular formula is C28H32N2O5S. The lowest BCUT2D eigenvalue weighted by molar-refractivity contribution is -0.120. The van der Waals surface area contributed by atoms with Crippen molar-refractivity contribution in [2.24, 2.45) is 0 Å². The van der Waals surface area contributed by atoms with Crippen LogP contribution in [0, 0.1) is 6.92 Å². The number of nitrogens with zero attached hydrogens (tertiary/aromatic N) is 1. The van der Waals surface area contributed by atoms with E-state index in [0.29, 0.717) is 18.0 Å². The van der Waals surface area contributed by atoms with Gasteiger partial charge < -0.3 is 14.8 Å². The molecule has 0 radical (unpaired) electrons. The molecule has 1 unspecified atom stereocenters. The van der Waals surface area contributed by atoms with Crippen molar-refractivity contribution in [1.29, 1.82) is 0 Å². The number of para-hydroxylation sites is 2. The first-order chi connectivity index (χ1) is 17.3. The minimum atomic E-state index is -4.04. The zero-order chi connectivity index (χ0) is 25.7. The second-order valence-corrected chi connectivity index (χ2v) is 10.7. The summed E-state index contributed by atoms with van der Waals surface area (Å²) in [4.78, 5) is 13.5. The van der Waals surface area contributed by atoms with Gasteiger partial charge in [0.2, 0.25) is 5.91 Å². The van der Waals surface area contributed by atoms with Crippen LogP contribution in [0.3, 0.4) is 0 Å². The van der Waals surface area contributed by atoms with E-state index in [1.54, 1.807) is 55.6 Å². The molecule has 0 bridgehead atoms. The van der Waals surface area contributed by atoms with Gasteiger partial charge in [0.1, 0.15) is 18.0 Å². The maximum atomic E-state index is 13.8. The van der Waals surface area contributed by atoms with Gasteiger partial charge >= 0.3 is 0 Å². The average Bonchev–Trinajstić information content (AvgIpc) is 2.88. The van der Waals surface area contributed by atoms with Gasteiger partial charge in [-0.2, -0.15) is 0 Å². The van der Waals surface area contributed by atoms with Crippen molar-refractivity contribution in [3.8, 4) is 11.5 Å². The second kappa shape index (κ2) is 11.0. The Morgan fingerprint density at radius 3 is 2.56 bits per heavy atom. The van der Waals surface area contributed by atoms with Gasteiger partial charge in [-0.05, 0) is 80.6 Å². The molecule has 1 amide bonds. The van der Waals surface area contributed by atoms with Crippen molar-refractivity contribution in [1.82, 2.24) is 5.32 Å². The first-order valence-electron chi connectivity index (χ1n) is 12.1. The summed E-state index contributed by atoms with van der Waals surface area (Å²) in [6, 6.07) is 19.1. The van der Waals surface area contributed by atoms with Crippen molar-refractivity contribution in [2.75, 3.05) is 24.6 Å². The Kier molecular flexibility index (Phi) is 7.84. The Bertz CT molecular complexity index is 1320. The maximum Gasteiger partial charge on any atom is 0.264 e. The number of aryl methyl sites for hydroxylation is 2. The smallest absolute Gasteiger partial charge is 0.264 e. The average molecular weight is 509 g/mol. The lowest BCUT2D eigenvalue weighted by atomic mass is 9.87. The second-order valence-electron chi connectivity index (χ2n) is 8.80. The van der Waals surface area contributed by atoms with Crippen LogP contribution < -0.4 is 19.1 Å². The lowest BCUT2D eigenvalue weighted by Gasteiger charge is -2.29. The molecule has 3 aromatic carbocycles. The number of carbonyl (C=O) groups excluding carboxylic acids is 1. The number of hydrogen-bond donors (Lipinski definition) is 1. The predicted octanol–water partition coefficient (Wildman–Crippen LogP) is 4.79. The van der Waals surface area contributed by atoms with E-state index in [2.05, 4.69) is 5.32 Å². The Morgan fingerprint density at radius 2 is 1.83 bits per heavy atom. The van der Waals surface area contributed by atoms with Gasteiger partial charge in [-0.1, -0.05) is 35.9 Å². The molecule has 36 heavy (non-hydrogen) atoms. The van der Waals surface area contributed by atoms with Crippen LogP contribution in [0.1, 0.15) is 42.5 Å². The highest BCUT2D eigenvalue weighted by atomic mass is 32.2. The molecule has 0 aliphatic heterocycles. The van der Waals surface area contributed by atoms with Crippen LogP contribution in [0.2, 0.25) is 0 Å². The van der Waals surface area contributed by atoms with Gasteiger partial charge in [0.25, 0.3) is 10.0 Å². The van der Waals surface area contributed by atoms with Crippen LogP contribution in [0.5, 0.6) is 11.5 Å². The number of fused-ring (bicyclic) bond motifs is 1. The van der Waals surface area contributed by atoms with E-state index < -0.39 is 10.0 Å². The largest absolute Gasteiger partial charge is 0.497 e. The van der Waals surface area contributed by atoms with E-state index in [4.69, 9.17) is 9.47 Å². The molecule has 0 saturated carbocycles. The normalized spacial score (nSPS) is 15.0. The molecule has 7 nitrogen and oxygen atoms in total. The molecule has 8 heteroatoms. The summed E-state index contributed by atoms with van der Waals surface area (Å²) in [6.07, 6.45) is 2.61. The molecule has 1 N–H and O–H groups in total. The highest BCUT2D eigenvalue weighted by molar-refractivity contribution is 7.92. The Labute approximate surface area is 213 Å². The first kappa shape index (κ1) is 25.6. The summed E-state index contributed by atoms with van der Waals surface area (Å²) in [6.45, 7) is 3.72. The number of nitrogens with one attached hydrogen (secondary N) is 1. The summed E-state index contributed by atoms with van der Waals surface area (Å²) in [5.41, 5.74) is 3.44. The van der Waals surface area contributed by atoms with Gasteiger partial charge in [0, 0.05) is 0 Å². The van der Waals surface area contributed by atoms with Crippen molar-refractivity contribution in [2.45, 2.75) is 44.0 Å². The molecule has 0 heterocycles. The molecule has 1 aliphatic carbocycles. The number of hydrogen-bond acceptors (Lipinski definition) is 5. The highest BCUT2D eigenvalue weighted by Gasteiger charge is 2.31. The summed E-state index contributed by atoms with van der Waals surface area (Å²) in [5.74, 6) is 0.799. The lowest BCUT2D eigenvalue weighted by Crippen LogP contribution is -2.42. The van der Waals surface area contributed by atoms with Gasteiger partial charge in [-0.15, -0.1) is 0 Å². The van der Waals surface area contributed by atoms with Gasteiger partial charge in [0.05, 0.1) is 30.3 Å². The number of amides is 1. The fraction of sp³-hybridized carbons (Fsp3) is 0.321. The van der Waals surface area contributed by atoms with Gasteiger partial charge in [0.15, 0.2) is 0 Å². The first-order valence-corrected chi connectivity index (χ1v) is 13.5. The summed E-state index contributed by atoms with van der Waals surface area (Å²) in [7, 11) is -2.41. The monoisotopic (exact) mass is 508 g/mol. The summed E-state index contributed by atoms with van der Waals surface area (Å²) < 4.78 is 39.7. The third kappa shape index (κ3) is 5.49. The van der Waals surface area contributed by atoms with Crippen LogP contribution >= 0.6 is 0 Å². The van der Waals surface area contributed by atoms with Crippen LogP contribution in [-0.4, -0.2) is 34.6 Å². The number of benzene rings is 3. The van der Waals surface area contributed by atoms with E-state index in [1.807, 2.05) is 32.0 Å². The summed E-state index contributed by atoms with van der Waals surface area (Å²) in [5, 5.41) is 3.07. The number of anilines is 1. The molecule has 190 valence electrons. The fourth-order valence-corrected chi connectivity index (χ4v) is 5.95. The maximum absolute atomic E-state index is 13.8. The molecule has 3 aromatic rings. The van der Waals surface area contributed by atoms with Crippen LogP contribution in [0.4, 0.5) is 5.69 Å². The quantitative estimate of drug-likeness (QED) is 0.449.